The Labute approximate surface area is 77.2 Å². The van der Waals surface area contributed by atoms with Gasteiger partial charge in [-0.2, -0.15) is 0 Å². The number of hydrogen-bond donors (Lipinski definition) is 3. The van der Waals surface area contributed by atoms with Gasteiger partial charge in [-0.15, -0.1) is 0 Å². The molecule has 1 rings (SSSR count). The first-order valence-electron chi connectivity index (χ1n) is 3.48. The molecule has 0 saturated carbocycles. The van der Waals surface area contributed by atoms with Crippen molar-refractivity contribution in [2.45, 2.75) is 12.2 Å². The number of carboxylic acids is 2. The molecule has 1 unspecified atom stereocenters. The fourth-order valence-corrected chi connectivity index (χ4v) is 0.906. The number of carbonyl (C=O) groups excluding carboxylic acids is 1. The molecule has 0 saturated heterocycles. The number of carbonyl (C=O) groups is 3. The van der Waals surface area contributed by atoms with Crippen LogP contribution in [0.15, 0.2) is 11.8 Å². The number of aliphatic carboxylic acids is 2. The molecule has 0 aromatic heterocycles. The van der Waals surface area contributed by atoms with Gasteiger partial charge in [0.05, 0.1) is 6.42 Å². The van der Waals surface area contributed by atoms with Crippen molar-refractivity contribution in [2.75, 3.05) is 0 Å². The second-order valence-electron chi connectivity index (χ2n) is 2.65. The van der Waals surface area contributed by atoms with Crippen molar-refractivity contribution in [3.05, 3.63) is 11.8 Å². The molecule has 1 heterocycles. The van der Waals surface area contributed by atoms with Gasteiger partial charge in [0.15, 0.2) is 5.78 Å². The van der Waals surface area contributed by atoms with Gasteiger partial charge in [0.1, 0.15) is 0 Å². The molecule has 1 aliphatic heterocycles. The largest absolute Gasteiger partial charge is 0.476 e. The van der Waals surface area contributed by atoms with E-state index in [0.29, 0.717) is 6.08 Å². The average Bonchev–Trinajstić information content (AvgIpc) is 2.02. The summed E-state index contributed by atoms with van der Waals surface area (Å²) in [6, 6.07) is 0. The monoisotopic (exact) mass is 202 g/mol. The molecule has 0 fully saturated rings. The lowest BCUT2D eigenvalue weighted by atomic mass is 10.1. The fourth-order valence-electron chi connectivity index (χ4n) is 0.906. The highest BCUT2D eigenvalue weighted by atomic mass is 16.7. The van der Waals surface area contributed by atoms with Crippen LogP contribution in [-0.2, 0) is 19.1 Å². The highest BCUT2D eigenvalue weighted by Crippen LogP contribution is 2.23. The molecular formula is C7H6O7. The second-order valence-corrected chi connectivity index (χ2v) is 2.65. The van der Waals surface area contributed by atoms with Gasteiger partial charge >= 0.3 is 17.7 Å². The van der Waals surface area contributed by atoms with Crippen LogP contribution in [0.4, 0.5) is 0 Å². The molecule has 76 valence electrons. The zero-order chi connectivity index (χ0) is 10.9. The van der Waals surface area contributed by atoms with Crippen LogP contribution in [0.25, 0.3) is 0 Å². The predicted molar refractivity (Wildman–Crippen MR) is 39.0 cm³/mol. The number of ketones is 1. The molecule has 0 radical (unpaired) electrons. The molecule has 0 amide bonds. The Hall–Kier alpha value is -1.89. The standard InChI is InChI=1S/C7H6O7/c8-3-1-4(5(9)10)14-7(13,2-3)6(11)12/h1,13H,2H2,(H,9,10)(H,11,12). The van der Waals surface area contributed by atoms with E-state index in [-0.39, 0.29) is 0 Å². The quantitative estimate of drug-likeness (QED) is 0.509. The van der Waals surface area contributed by atoms with Crippen LogP contribution in [0, 0.1) is 0 Å². The van der Waals surface area contributed by atoms with Crippen molar-refractivity contribution in [1.29, 1.82) is 0 Å². The van der Waals surface area contributed by atoms with Gasteiger partial charge in [0, 0.05) is 6.08 Å². The first-order valence-corrected chi connectivity index (χ1v) is 3.48. The maximum absolute atomic E-state index is 10.9. The summed E-state index contributed by atoms with van der Waals surface area (Å²) in [6.07, 6.45) is -0.182. The Kier molecular flexibility index (Phi) is 2.26. The van der Waals surface area contributed by atoms with E-state index >= 15 is 0 Å². The molecule has 14 heavy (non-hydrogen) atoms. The van der Waals surface area contributed by atoms with Crippen LogP contribution < -0.4 is 0 Å². The van der Waals surface area contributed by atoms with E-state index in [1.165, 1.54) is 0 Å². The van der Waals surface area contributed by atoms with E-state index in [9.17, 15) is 19.5 Å². The smallest absolute Gasteiger partial charge is 0.377 e. The summed E-state index contributed by atoms with van der Waals surface area (Å²) in [7, 11) is 0. The fraction of sp³-hybridized carbons (Fsp3) is 0.286. The van der Waals surface area contributed by atoms with Crippen LogP contribution in [-0.4, -0.2) is 38.8 Å². The molecular weight excluding hydrogens is 196 g/mol. The molecule has 0 aliphatic carbocycles. The maximum atomic E-state index is 10.9. The van der Waals surface area contributed by atoms with E-state index in [0.717, 1.165) is 0 Å². The topological polar surface area (TPSA) is 121 Å². The number of hydrogen-bond acceptors (Lipinski definition) is 5. The van der Waals surface area contributed by atoms with Gasteiger partial charge in [-0.05, 0) is 0 Å². The zero-order valence-electron chi connectivity index (χ0n) is 6.76. The van der Waals surface area contributed by atoms with Crippen molar-refractivity contribution < 1.29 is 34.4 Å². The van der Waals surface area contributed by atoms with Crippen molar-refractivity contribution in [2.24, 2.45) is 0 Å². The number of carboxylic acid groups (broad SMARTS) is 2. The van der Waals surface area contributed by atoms with Crippen molar-refractivity contribution in [3.8, 4) is 0 Å². The van der Waals surface area contributed by atoms with Gasteiger partial charge < -0.3 is 20.1 Å². The molecule has 0 aromatic rings. The first-order chi connectivity index (χ1) is 6.35. The van der Waals surface area contributed by atoms with Crippen molar-refractivity contribution >= 4 is 17.7 Å². The Morgan fingerprint density at radius 3 is 2.43 bits per heavy atom. The number of ether oxygens (including phenoxy) is 1. The van der Waals surface area contributed by atoms with Gasteiger partial charge in [0.25, 0.3) is 0 Å². The van der Waals surface area contributed by atoms with Crippen LogP contribution in [0.1, 0.15) is 6.42 Å². The zero-order valence-corrected chi connectivity index (χ0v) is 6.76. The first kappa shape index (κ1) is 10.2. The average molecular weight is 202 g/mol. The molecule has 1 aliphatic rings. The Morgan fingerprint density at radius 2 is 2.00 bits per heavy atom. The molecule has 7 heteroatoms. The van der Waals surface area contributed by atoms with Crippen LogP contribution in [0.2, 0.25) is 0 Å². The predicted octanol–water partition coefficient (Wildman–Crippen LogP) is -1.28. The Bertz CT molecular complexity index is 342. The van der Waals surface area contributed by atoms with E-state index < -0.39 is 35.7 Å². The summed E-state index contributed by atoms with van der Waals surface area (Å²) < 4.78 is 4.26. The lowest BCUT2D eigenvalue weighted by Gasteiger charge is -2.26. The summed E-state index contributed by atoms with van der Waals surface area (Å²) >= 11 is 0. The minimum absolute atomic E-state index is 0.625. The highest BCUT2D eigenvalue weighted by Gasteiger charge is 2.45. The van der Waals surface area contributed by atoms with E-state index in [4.69, 9.17) is 10.2 Å². The normalized spacial score (nSPS) is 26.4. The lowest BCUT2D eigenvalue weighted by Crippen LogP contribution is -2.46. The van der Waals surface area contributed by atoms with Crippen LogP contribution in [0.3, 0.4) is 0 Å². The third kappa shape index (κ3) is 1.72. The van der Waals surface area contributed by atoms with Crippen LogP contribution >= 0.6 is 0 Å². The Balaban J connectivity index is 3.02. The number of aliphatic hydroxyl groups is 1. The van der Waals surface area contributed by atoms with Crippen molar-refractivity contribution in [3.63, 3.8) is 0 Å². The summed E-state index contributed by atoms with van der Waals surface area (Å²) in [5, 5.41) is 26.1. The minimum Gasteiger partial charge on any atom is -0.476 e. The summed E-state index contributed by atoms with van der Waals surface area (Å²) in [6.45, 7) is 0. The number of allylic oxidation sites excluding steroid dienone is 1. The minimum atomic E-state index is -2.78. The van der Waals surface area contributed by atoms with E-state index in [1.807, 2.05) is 0 Å². The number of rotatable bonds is 2. The summed E-state index contributed by atoms with van der Waals surface area (Å²) in [5.74, 6) is -7.90. The molecule has 7 nitrogen and oxygen atoms in total. The third-order valence-corrected chi connectivity index (χ3v) is 1.53. The lowest BCUT2D eigenvalue weighted by molar-refractivity contribution is -0.216. The van der Waals surface area contributed by atoms with Gasteiger partial charge in [-0.3, -0.25) is 4.79 Å². The molecule has 1 atom stereocenters. The molecule has 0 spiro atoms. The summed E-state index contributed by atoms with van der Waals surface area (Å²) in [5.41, 5.74) is 0. The second kappa shape index (κ2) is 3.11. The van der Waals surface area contributed by atoms with Gasteiger partial charge in [-0.25, -0.2) is 9.59 Å². The van der Waals surface area contributed by atoms with Gasteiger partial charge in [0.2, 0.25) is 5.76 Å². The highest BCUT2D eigenvalue weighted by molar-refractivity contribution is 6.01. The maximum Gasteiger partial charge on any atom is 0.377 e. The third-order valence-electron chi connectivity index (χ3n) is 1.53. The molecule has 0 bridgehead atoms. The molecule has 3 N–H and O–H groups in total. The van der Waals surface area contributed by atoms with E-state index in [1.54, 1.807) is 0 Å². The van der Waals surface area contributed by atoms with Crippen LogP contribution in [0.5, 0.6) is 0 Å². The van der Waals surface area contributed by atoms with E-state index in [2.05, 4.69) is 4.74 Å². The summed E-state index contributed by atoms with van der Waals surface area (Å²) in [4.78, 5) is 31.7. The van der Waals surface area contributed by atoms with Crippen molar-refractivity contribution in [1.82, 2.24) is 0 Å². The Morgan fingerprint density at radius 1 is 1.43 bits per heavy atom. The SMILES string of the molecule is O=C1C=C(C(=O)O)OC(O)(C(=O)O)C1. The molecule has 0 aromatic carbocycles. The van der Waals surface area contributed by atoms with Gasteiger partial charge in [-0.1, -0.05) is 0 Å².